The Morgan fingerprint density at radius 3 is 3.20 bits per heavy atom. The third-order valence-corrected chi connectivity index (χ3v) is 1.61. The molecule has 0 unspecified atom stereocenters. The Morgan fingerprint density at radius 2 is 2.50 bits per heavy atom. The Morgan fingerprint density at radius 1 is 1.80 bits per heavy atom. The molecule has 1 heterocycles. The van der Waals surface area contributed by atoms with Crippen molar-refractivity contribution in [1.29, 1.82) is 0 Å². The number of rotatable bonds is 0. The molecule has 1 aliphatic heterocycles. The van der Waals surface area contributed by atoms with Crippen LogP contribution in [0, 0.1) is 0 Å². The van der Waals surface area contributed by atoms with Crippen LogP contribution in [0.2, 0.25) is 0 Å². The second-order valence-corrected chi connectivity index (χ2v) is 3.04. The standard InChI is InChI=1S/C5H6IN3O/c6-9-2-1-4(7)8-5(10)3-9/h1-2H,3H2,(H2,7,8,10). The lowest BCUT2D eigenvalue weighted by Gasteiger charge is -2.03. The maximum Gasteiger partial charge on any atom is 0.267 e. The molecular formula is C5H6IN3O. The molecule has 0 aromatic carbocycles. The summed E-state index contributed by atoms with van der Waals surface area (Å²) in [6.07, 6.45) is 3.31. The first kappa shape index (κ1) is 7.52. The average molecular weight is 251 g/mol. The largest absolute Gasteiger partial charge is 0.384 e. The van der Waals surface area contributed by atoms with Gasteiger partial charge in [0, 0.05) is 6.20 Å². The molecule has 0 saturated carbocycles. The van der Waals surface area contributed by atoms with E-state index < -0.39 is 0 Å². The molecule has 4 nitrogen and oxygen atoms in total. The molecular weight excluding hydrogens is 245 g/mol. The fourth-order valence-corrected chi connectivity index (χ4v) is 1.01. The molecule has 0 saturated heterocycles. The van der Waals surface area contributed by atoms with Crippen molar-refractivity contribution in [3.63, 3.8) is 0 Å². The SMILES string of the molecule is NC1=NC(=O)CN(I)C=C1. The first-order valence-corrected chi connectivity index (χ1v) is 3.62. The van der Waals surface area contributed by atoms with Gasteiger partial charge in [0.05, 0.1) is 22.9 Å². The second kappa shape index (κ2) is 3.00. The van der Waals surface area contributed by atoms with Crippen molar-refractivity contribution < 1.29 is 4.79 Å². The van der Waals surface area contributed by atoms with Crippen LogP contribution in [0.25, 0.3) is 0 Å². The van der Waals surface area contributed by atoms with Crippen molar-refractivity contribution in [2.45, 2.75) is 0 Å². The summed E-state index contributed by atoms with van der Waals surface area (Å²) in [5.74, 6) is 0.0565. The van der Waals surface area contributed by atoms with Gasteiger partial charge >= 0.3 is 0 Å². The Labute approximate surface area is 72.3 Å². The van der Waals surface area contributed by atoms with E-state index in [0.29, 0.717) is 0 Å². The summed E-state index contributed by atoms with van der Waals surface area (Å²) in [5.41, 5.74) is 5.30. The molecule has 0 aromatic rings. The number of nitrogens with two attached hydrogens (primary N) is 1. The minimum atomic E-state index is -0.211. The second-order valence-electron chi connectivity index (χ2n) is 1.80. The lowest BCUT2D eigenvalue weighted by atomic mass is 10.6. The van der Waals surface area contributed by atoms with Gasteiger partial charge in [-0.3, -0.25) is 4.79 Å². The van der Waals surface area contributed by atoms with Crippen LogP contribution in [0.15, 0.2) is 17.3 Å². The summed E-state index contributed by atoms with van der Waals surface area (Å²) in [5, 5.41) is 0. The lowest BCUT2D eigenvalue weighted by Crippen LogP contribution is -2.13. The van der Waals surface area contributed by atoms with Gasteiger partial charge in [-0.1, -0.05) is 0 Å². The third kappa shape index (κ3) is 1.98. The summed E-state index contributed by atoms with van der Waals surface area (Å²) < 4.78 is 1.70. The molecule has 1 rings (SSSR count). The molecule has 5 heteroatoms. The number of amides is 1. The molecule has 0 bridgehead atoms. The minimum Gasteiger partial charge on any atom is -0.384 e. The van der Waals surface area contributed by atoms with Gasteiger partial charge in [-0.2, -0.15) is 4.99 Å². The smallest absolute Gasteiger partial charge is 0.267 e. The summed E-state index contributed by atoms with van der Waals surface area (Å²) in [7, 11) is 0. The van der Waals surface area contributed by atoms with Crippen LogP contribution >= 0.6 is 22.9 Å². The lowest BCUT2D eigenvalue weighted by molar-refractivity contribution is -0.117. The quantitative estimate of drug-likeness (QED) is 0.488. The molecule has 0 atom stereocenters. The van der Waals surface area contributed by atoms with Crippen molar-refractivity contribution in [2.24, 2.45) is 10.7 Å². The number of halogens is 1. The van der Waals surface area contributed by atoms with Crippen LogP contribution in [-0.4, -0.2) is 21.4 Å². The van der Waals surface area contributed by atoms with Crippen LogP contribution in [0.1, 0.15) is 0 Å². The Balaban J connectivity index is 2.78. The maximum absolute atomic E-state index is 10.7. The van der Waals surface area contributed by atoms with Crippen molar-refractivity contribution in [3.8, 4) is 0 Å². The van der Waals surface area contributed by atoms with Gasteiger partial charge in [-0.05, 0) is 6.08 Å². The molecule has 1 aliphatic rings. The third-order valence-electron chi connectivity index (χ3n) is 0.947. The van der Waals surface area contributed by atoms with E-state index in [2.05, 4.69) is 4.99 Å². The van der Waals surface area contributed by atoms with Gasteiger partial charge in [0.1, 0.15) is 12.4 Å². The number of amidine groups is 1. The monoisotopic (exact) mass is 251 g/mol. The molecule has 10 heavy (non-hydrogen) atoms. The zero-order valence-corrected chi connectivity index (χ0v) is 7.28. The van der Waals surface area contributed by atoms with E-state index in [0.717, 1.165) is 0 Å². The van der Waals surface area contributed by atoms with Gasteiger partial charge in [-0.25, -0.2) is 0 Å². The van der Waals surface area contributed by atoms with Gasteiger partial charge < -0.3 is 8.85 Å². The van der Waals surface area contributed by atoms with Crippen molar-refractivity contribution >= 4 is 34.6 Å². The van der Waals surface area contributed by atoms with E-state index in [-0.39, 0.29) is 18.3 Å². The highest BCUT2D eigenvalue weighted by Crippen LogP contribution is 2.02. The Bertz CT molecular complexity index is 211. The van der Waals surface area contributed by atoms with Gasteiger partial charge in [0.15, 0.2) is 0 Å². The summed E-state index contributed by atoms with van der Waals surface area (Å²) in [4.78, 5) is 14.3. The first-order chi connectivity index (χ1) is 4.68. The average Bonchev–Trinajstić information content (AvgIpc) is 1.93. The summed E-state index contributed by atoms with van der Waals surface area (Å²) in [6.45, 7) is 0.289. The zero-order valence-electron chi connectivity index (χ0n) is 5.12. The van der Waals surface area contributed by atoms with E-state index in [1.54, 1.807) is 15.4 Å². The number of aliphatic imine (C=N–C) groups is 1. The summed E-state index contributed by atoms with van der Waals surface area (Å²) >= 11 is 2.00. The van der Waals surface area contributed by atoms with E-state index in [9.17, 15) is 4.79 Å². The summed E-state index contributed by atoms with van der Waals surface area (Å²) in [6, 6.07) is 0. The first-order valence-electron chi connectivity index (χ1n) is 2.66. The molecule has 0 aromatic heterocycles. The van der Waals surface area contributed by atoms with Crippen LogP contribution in [0.5, 0.6) is 0 Å². The predicted molar refractivity (Wildman–Crippen MR) is 46.5 cm³/mol. The van der Waals surface area contributed by atoms with Crippen molar-refractivity contribution in [3.05, 3.63) is 12.3 Å². The topological polar surface area (TPSA) is 58.7 Å². The predicted octanol–water partition coefficient (Wildman–Crippen LogP) is 0.0495. The molecule has 0 aliphatic carbocycles. The van der Waals surface area contributed by atoms with Gasteiger partial charge in [0.25, 0.3) is 5.91 Å². The Kier molecular flexibility index (Phi) is 2.25. The highest BCUT2D eigenvalue weighted by atomic mass is 127. The van der Waals surface area contributed by atoms with E-state index in [1.165, 1.54) is 0 Å². The number of hydrogen-bond donors (Lipinski definition) is 1. The zero-order chi connectivity index (χ0) is 7.56. The normalized spacial score (nSPS) is 18.7. The van der Waals surface area contributed by atoms with Crippen molar-refractivity contribution in [2.75, 3.05) is 6.54 Å². The van der Waals surface area contributed by atoms with E-state index in [1.807, 2.05) is 22.9 Å². The van der Waals surface area contributed by atoms with Crippen LogP contribution in [0.3, 0.4) is 0 Å². The Hall–Kier alpha value is -0.590. The highest BCUT2D eigenvalue weighted by Gasteiger charge is 2.06. The molecule has 1 amide bonds. The van der Waals surface area contributed by atoms with Crippen LogP contribution in [0.4, 0.5) is 0 Å². The van der Waals surface area contributed by atoms with Gasteiger partial charge in [-0.15, -0.1) is 0 Å². The fraction of sp³-hybridized carbons (Fsp3) is 0.200. The highest BCUT2D eigenvalue weighted by molar-refractivity contribution is 14.1. The van der Waals surface area contributed by atoms with Crippen molar-refractivity contribution in [1.82, 2.24) is 3.11 Å². The number of nitrogens with zero attached hydrogens (tertiary/aromatic N) is 2. The van der Waals surface area contributed by atoms with E-state index in [4.69, 9.17) is 5.73 Å². The molecule has 54 valence electrons. The fourth-order valence-electron chi connectivity index (χ4n) is 0.556. The number of hydrogen-bond acceptors (Lipinski definition) is 3. The molecule has 2 N–H and O–H groups in total. The van der Waals surface area contributed by atoms with E-state index >= 15 is 0 Å². The van der Waals surface area contributed by atoms with Gasteiger partial charge in [0.2, 0.25) is 0 Å². The molecule has 0 radical (unpaired) electrons. The van der Waals surface area contributed by atoms with Crippen LogP contribution in [-0.2, 0) is 4.79 Å². The maximum atomic E-state index is 10.7. The van der Waals surface area contributed by atoms with Crippen LogP contribution < -0.4 is 5.73 Å². The number of carbonyl (C=O) groups is 1. The number of carbonyl (C=O) groups excluding carboxylic acids is 1. The molecule has 0 spiro atoms. The minimum absolute atomic E-state index is 0.211. The molecule has 0 fully saturated rings.